The van der Waals surface area contributed by atoms with Gasteiger partial charge in [0, 0.05) is 64.5 Å². The number of rotatable bonds is 13. The van der Waals surface area contributed by atoms with Crippen molar-refractivity contribution in [3.63, 3.8) is 0 Å². The van der Waals surface area contributed by atoms with E-state index in [9.17, 15) is 39.3 Å². The summed E-state index contributed by atoms with van der Waals surface area (Å²) in [6.07, 6.45) is 16.8. The van der Waals surface area contributed by atoms with Gasteiger partial charge in [0.1, 0.15) is 30.1 Å². The Bertz CT molecular complexity index is 2000. The van der Waals surface area contributed by atoms with E-state index in [1.807, 2.05) is 58.1 Å². The topological polar surface area (TPSA) is 208 Å². The number of cyclic esters (lactones) is 1. The Morgan fingerprint density at radius 3 is 2.25 bits per heavy atom. The molecule has 3 saturated heterocycles. The van der Waals surface area contributed by atoms with Crippen molar-refractivity contribution >= 4 is 29.2 Å². The van der Waals surface area contributed by atoms with E-state index in [1.165, 1.54) is 31.3 Å². The van der Waals surface area contributed by atoms with Crippen molar-refractivity contribution in [1.29, 1.82) is 0 Å². The normalized spacial score (nSPS) is 37.8. The molecule has 0 spiro atoms. The van der Waals surface area contributed by atoms with Crippen molar-refractivity contribution in [3.05, 3.63) is 47.6 Å². The average Bonchev–Trinajstić information content (AvgIpc) is 3.43. The molecule has 4 heterocycles. The minimum Gasteiger partial charge on any atom is -0.460 e. The number of ketones is 3. The first-order chi connectivity index (χ1) is 36.3. The van der Waals surface area contributed by atoms with E-state index in [2.05, 4.69) is 4.90 Å². The number of amides is 1. The monoisotopic (exact) mass is 1070 g/mol. The first kappa shape index (κ1) is 63.4. The van der Waals surface area contributed by atoms with Crippen LogP contribution in [-0.4, -0.2) is 169 Å². The molecule has 1 amide bonds. The number of hydrogen-bond donors (Lipinski definition) is 3. The number of aliphatic hydroxyl groups excluding tert-OH is 2. The maximum absolute atomic E-state index is 14.6. The van der Waals surface area contributed by atoms with Crippen LogP contribution in [0.1, 0.15) is 151 Å². The number of carbonyl (C=O) groups is 5. The van der Waals surface area contributed by atoms with Gasteiger partial charge in [0.25, 0.3) is 11.7 Å². The number of nitrogens with zero attached hydrogens (tertiary/aromatic N) is 2. The maximum atomic E-state index is 14.6. The van der Waals surface area contributed by atoms with Crippen molar-refractivity contribution in [2.45, 2.75) is 206 Å². The molecule has 76 heavy (non-hydrogen) atoms. The highest BCUT2D eigenvalue weighted by Crippen LogP contribution is 2.38. The van der Waals surface area contributed by atoms with Gasteiger partial charge in [-0.25, -0.2) is 4.79 Å². The van der Waals surface area contributed by atoms with Gasteiger partial charge in [0.05, 0.1) is 37.6 Å². The third-order valence-electron chi connectivity index (χ3n) is 17.0. The summed E-state index contributed by atoms with van der Waals surface area (Å²) in [5.41, 5.74) is 1.20. The Labute approximate surface area is 454 Å². The summed E-state index contributed by atoms with van der Waals surface area (Å²) in [4.78, 5) is 75.4. The molecule has 1 saturated carbocycles. The summed E-state index contributed by atoms with van der Waals surface area (Å²) >= 11 is 0. The largest absolute Gasteiger partial charge is 0.460 e. The lowest BCUT2D eigenvalue weighted by atomic mass is 9.78. The second-order valence-corrected chi connectivity index (χ2v) is 23.0. The summed E-state index contributed by atoms with van der Waals surface area (Å²) in [5.74, 6) is -8.00. The van der Waals surface area contributed by atoms with Crippen molar-refractivity contribution in [2.75, 3.05) is 60.2 Å². The number of hydrogen-bond acceptors (Lipinski definition) is 15. The van der Waals surface area contributed by atoms with Gasteiger partial charge < -0.3 is 53.5 Å². The molecule has 4 aliphatic heterocycles. The van der Waals surface area contributed by atoms with Crippen LogP contribution in [0.5, 0.6) is 0 Å². The molecule has 15 atom stereocenters. The molecule has 2 unspecified atom stereocenters. The third kappa shape index (κ3) is 18.0. The number of ether oxygens (including phenoxy) is 6. The van der Waals surface area contributed by atoms with Crippen molar-refractivity contribution in [1.82, 2.24) is 9.80 Å². The van der Waals surface area contributed by atoms with Gasteiger partial charge in [-0.3, -0.25) is 19.2 Å². The predicted molar refractivity (Wildman–Crippen MR) is 290 cm³/mol. The fraction of sp³-hybridized carbons (Fsp3) is 0.783. The smallest absolute Gasteiger partial charge is 0.329 e. The molecule has 5 aliphatic rings. The van der Waals surface area contributed by atoms with Crippen LogP contribution in [0, 0.1) is 35.5 Å². The molecule has 16 nitrogen and oxygen atoms in total. The van der Waals surface area contributed by atoms with E-state index in [0.29, 0.717) is 50.7 Å². The summed E-state index contributed by atoms with van der Waals surface area (Å²) in [5, 5.41) is 33.4. The number of Topliss-reactive ketones (excluding diaryl/α,β-unsaturated/α-hetero) is 3. The van der Waals surface area contributed by atoms with Gasteiger partial charge in [-0.1, -0.05) is 77.5 Å². The number of likely N-dealkylation sites (tertiary alicyclic amines) is 1. The predicted octanol–water partition coefficient (Wildman–Crippen LogP) is 7.44. The molecule has 2 bridgehead atoms. The van der Waals surface area contributed by atoms with Crippen molar-refractivity contribution < 1.29 is 67.7 Å². The van der Waals surface area contributed by atoms with E-state index in [0.717, 1.165) is 50.9 Å². The number of piperidine rings is 2. The first-order valence-corrected chi connectivity index (χ1v) is 28.8. The zero-order valence-corrected chi connectivity index (χ0v) is 47.5. The third-order valence-corrected chi connectivity index (χ3v) is 17.0. The second-order valence-electron chi connectivity index (χ2n) is 23.0. The fourth-order valence-electron chi connectivity index (χ4n) is 12.1. The quantitative estimate of drug-likeness (QED) is 0.0709. The Morgan fingerprint density at radius 1 is 0.803 bits per heavy atom. The number of methoxy groups -OCH3 is 2. The SMILES string of the molecule is CO[C@@H]1C[C@H](CC(C)[C@@H]2CC(=O)[C@H](C)/C=C(\C)[C@@H](O)[C@@H](OC)C(=O)[C@H](C)C[C@H](C)/C=C/C=C/C=C(\C)C(OCCO)C[C@@H]3CC[C@@H](C)[C@@](O)(O3)C(=O)C(=O)N3CCCC[C@H]3C(=O)O2)CC[C@H]1OCCCN1CCCCC1. The highest BCUT2D eigenvalue weighted by molar-refractivity contribution is 6.39. The van der Waals surface area contributed by atoms with Crippen LogP contribution in [0.25, 0.3) is 0 Å². The van der Waals surface area contributed by atoms with Gasteiger partial charge in [0.2, 0.25) is 5.79 Å². The molecule has 0 radical (unpaired) electrons. The van der Waals surface area contributed by atoms with E-state index in [4.69, 9.17) is 28.4 Å². The average molecular weight is 1070 g/mol. The Morgan fingerprint density at radius 2 is 1.54 bits per heavy atom. The van der Waals surface area contributed by atoms with Crippen molar-refractivity contribution in [3.8, 4) is 0 Å². The lowest BCUT2D eigenvalue weighted by molar-refractivity contribution is -0.266. The minimum absolute atomic E-state index is 0.00631. The summed E-state index contributed by atoms with van der Waals surface area (Å²) in [6, 6.07) is -1.15. The highest BCUT2D eigenvalue weighted by Gasteiger charge is 2.53. The molecule has 430 valence electrons. The van der Waals surface area contributed by atoms with E-state index in [1.54, 1.807) is 34.0 Å². The van der Waals surface area contributed by atoms with Crippen LogP contribution >= 0.6 is 0 Å². The number of carbonyl (C=O) groups excluding carboxylic acids is 5. The van der Waals surface area contributed by atoms with Crippen LogP contribution < -0.4 is 0 Å². The van der Waals surface area contributed by atoms with Crippen molar-refractivity contribution in [2.24, 2.45) is 35.5 Å². The molecule has 0 aromatic carbocycles. The van der Waals surface area contributed by atoms with Gasteiger partial charge in [0.15, 0.2) is 5.78 Å². The van der Waals surface area contributed by atoms with Crippen LogP contribution in [0.3, 0.4) is 0 Å². The Kier molecular flexibility index (Phi) is 26.2. The molecular formula is C60H96N2O14. The van der Waals surface area contributed by atoms with Gasteiger partial charge in [-0.05, 0) is 139 Å². The van der Waals surface area contributed by atoms with Crippen LogP contribution in [-0.2, 0) is 52.4 Å². The molecule has 16 heteroatoms. The van der Waals surface area contributed by atoms with Crippen LogP contribution in [0.2, 0.25) is 0 Å². The van der Waals surface area contributed by atoms with Crippen LogP contribution in [0.4, 0.5) is 0 Å². The number of fused-ring (bicyclic) bond motifs is 3. The molecule has 3 N–H and O–H groups in total. The van der Waals surface area contributed by atoms with Gasteiger partial charge in [-0.2, -0.15) is 0 Å². The zero-order chi connectivity index (χ0) is 55.5. The van der Waals surface area contributed by atoms with Gasteiger partial charge in [-0.15, -0.1) is 0 Å². The first-order valence-electron chi connectivity index (χ1n) is 28.8. The summed E-state index contributed by atoms with van der Waals surface area (Å²) < 4.78 is 36.7. The number of allylic oxidation sites excluding steroid dienone is 6. The summed E-state index contributed by atoms with van der Waals surface area (Å²) in [6.45, 7) is 16.6. The minimum atomic E-state index is -2.48. The molecule has 0 aromatic rings. The summed E-state index contributed by atoms with van der Waals surface area (Å²) in [7, 11) is 3.10. The molecule has 5 rings (SSSR count). The van der Waals surface area contributed by atoms with E-state index < -0.39 is 77.8 Å². The maximum Gasteiger partial charge on any atom is 0.329 e. The Hall–Kier alpha value is -3.45. The zero-order valence-electron chi connectivity index (χ0n) is 47.5. The highest BCUT2D eigenvalue weighted by atomic mass is 16.6. The number of aliphatic hydroxyl groups is 3. The number of esters is 1. The molecule has 1 aliphatic carbocycles. The standard InChI is InChI=1S/C60H96N2O14/c1-39-19-12-10-13-20-40(2)51(74-32-30-63)37-47-24-22-45(7)60(70,76-47)57(67)58(68)62-29-17-14-21-48(62)59(69)75-52(38-49(64)41(3)34-44(6)55(66)56(72-9)54(65)43(5)33-39)42(4)35-46-23-25-50(53(36-46)71-8)73-31-18-28-61-26-15-11-16-27-61/h10,12-13,19-20,34,39,41-43,45-48,50-53,55-56,63,66,70H,11,14-18,21-33,35-38H2,1-9H3/b13-10+,19-12+,40-20+,44-34+/t39-,41-,42?,43-,45-,46+,47+,48+,50-,51?,52+,53-,55-,56+,60-/m1/s1. The molecule has 4 fully saturated rings. The molecular weight excluding hydrogens is 973 g/mol. The van der Waals surface area contributed by atoms with E-state index in [-0.39, 0.29) is 80.5 Å². The second kappa shape index (κ2) is 31.4. The lowest BCUT2D eigenvalue weighted by Gasteiger charge is -2.43. The fourth-order valence-corrected chi connectivity index (χ4v) is 12.1. The van der Waals surface area contributed by atoms with Crippen LogP contribution in [0.15, 0.2) is 47.6 Å². The van der Waals surface area contributed by atoms with Gasteiger partial charge >= 0.3 is 5.97 Å². The lowest BCUT2D eigenvalue weighted by Crippen LogP contribution is -2.61. The molecule has 0 aromatic heterocycles. The van der Waals surface area contributed by atoms with E-state index >= 15 is 0 Å². The Balaban J connectivity index is 1.42.